The highest BCUT2D eigenvalue weighted by molar-refractivity contribution is 6.01. The predicted octanol–water partition coefficient (Wildman–Crippen LogP) is 4.21. The van der Waals surface area contributed by atoms with Crippen LogP contribution < -0.4 is 10.1 Å². The highest BCUT2D eigenvalue weighted by atomic mass is 16.5. The van der Waals surface area contributed by atoms with Crippen LogP contribution in [0.3, 0.4) is 0 Å². The number of benzene rings is 2. The molecule has 0 saturated carbocycles. The van der Waals surface area contributed by atoms with Gasteiger partial charge in [0.2, 0.25) is 5.91 Å². The van der Waals surface area contributed by atoms with Gasteiger partial charge in [-0.15, -0.1) is 0 Å². The van der Waals surface area contributed by atoms with Gasteiger partial charge in [-0.1, -0.05) is 42.5 Å². The van der Waals surface area contributed by atoms with Crippen LogP contribution in [0.5, 0.6) is 5.75 Å². The molecule has 2 aromatic rings. The average Bonchev–Trinajstić information content (AvgIpc) is 2.54. The average molecular weight is 293 g/mol. The zero-order valence-electron chi connectivity index (χ0n) is 12.6. The van der Waals surface area contributed by atoms with E-state index in [1.165, 1.54) is 6.08 Å². The highest BCUT2D eigenvalue weighted by Gasteiger charge is 1.98. The Morgan fingerprint density at radius 3 is 2.45 bits per heavy atom. The van der Waals surface area contributed by atoms with E-state index in [2.05, 4.69) is 11.9 Å². The second kappa shape index (κ2) is 7.84. The van der Waals surface area contributed by atoms with E-state index in [1.54, 1.807) is 12.2 Å². The van der Waals surface area contributed by atoms with Gasteiger partial charge in [0.15, 0.2) is 0 Å². The molecule has 0 bridgehead atoms. The van der Waals surface area contributed by atoms with Crippen molar-refractivity contribution in [1.29, 1.82) is 0 Å². The Balaban J connectivity index is 1.91. The molecule has 1 N–H and O–H groups in total. The molecule has 0 saturated heterocycles. The molecule has 0 heterocycles. The lowest BCUT2D eigenvalue weighted by molar-refractivity contribution is -0.111. The number of carbonyl (C=O) groups excluding carboxylic acids is 1. The van der Waals surface area contributed by atoms with E-state index in [1.807, 2.05) is 55.5 Å². The molecule has 1 amide bonds. The maximum atomic E-state index is 11.8. The number of aryl methyl sites for hydroxylation is 1. The first-order valence-corrected chi connectivity index (χ1v) is 7.07. The monoisotopic (exact) mass is 293 g/mol. The van der Waals surface area contributed by atoms with Crippen LogP contribution in [0.25, 0.3) is 6.08 Å². The zero-order chi connectivity index (χ0) is 15.8. The second-order valence-corrected chi connectivity index (χ2v) is 4.86. The van der Waals surface area contributed by atoms with Gasteiger partial charge in [0, 0.05) is 11.8 Å². The topological polar surface area (TPSA) is 38.3 Å². The first-order chi connectivity index (χ1) is 10.7. The molecule has 0 aromatic heterocycles. The third-order valence-corrected chi connectivity index (χ3v) is 2.99. The fourth-order valence-electron chi connectivity index (χ4n) is 1.82. The smallest absolute Gasteiger partial charge is 0.248 e. The third kappa shape index (κ3) is 4.94. The molecular formula is C19H19NO2. The fourth-order valence-corrected chi connectivity index (χ4v) is 1.82. The Morgan fingerprint density at radius 2 is 1.82 bits per heavy atom. The van der Waals surface area contributed by atoms with Gasteiger partial charge in [-0.05, 0) is 42.8 Å². The number of nitrogens with one attached hydrogen (secondary N) is 1. The van der Waals surface area contributed by atoms with E-state index < -0.39 is 0 Å². The standard InChI is InChI=1S/C19H19NO2/c1-3-14-22-18-11-6-16(7-12-18)8-13-19(21)20-17-9-4-15(2)5-10-17/h3-13H,1,14H2,2H3,(H,20,21)/b13-8+. The molecule has 22 heavy (non-hydrogen) atoms. The van der Waals surface area contributed by atoms with Crippen LogP contribution in [0.15, 0.2) is 67.3 Å². The molecule has 0 aliphatic rings. The summed E-state index contributed by atoms with van der Waals surface area (Å²) >= 11 is 0. The van der Waals surface area contributed by atoms with Crippen LogP contribution in [-0.4, -0.2) is 12.5 Å². The lowest BCUT2D eigenvalue weighted by Crippen LogP contribution is -2.07. The third-order valence-electron chi connectivity index (χ3n) is 2.99. The van der Waals surface area contributed by atoms with Gasteiger partial charge >= 0.3 is 0 Å². The number of hydrogen-bond acceptors (Lipinski definition) is 2. The maximum absolute atomic E-state index is 11.8. The number of hydrogen-bond donors (Lipinski definition) is 1. The van der Waals surface area contributed by atoms with Crippen LogP contribution in [0, 0.1) is 6.92 Å². The first-order valence-electron chi connectivity index (χ1n) is 7.07. The van der Waals surface area contributed by atoms with E-state index >= 15 is 0 Å². The Hall–Kier alpha value is -2.81. The van der Waals surface area contributed by atoms with E-state index in [0.29, 0.717) is 6.61 Å². The van der Waals surface area contributed by atoms with Crippen LogP contribution in [0.2, 0.25) is 0 Å². The summed E-state index contributed by atoms with van der Waals surface area (Å²) in [5.74, 6) is 0.622. The summed E-state index contributed by atoms with van der Waals surface area (Å²) in [7, 11) is 0. The molecular weight excluding hydrogens is 274 g/mol. The van der Waals surface area contributed by atoms with Crippen molar-refractivity contribution in [2.24, 2.45) is 0 Å². The summed E-state index contributed by atoms with van der Waals surface area (Å²) in [5.41, 5.74) is 2.88. The summed E-state index contributed by atoms with van der Waals surface area (Å²) < 4.78 is 5.40. The summed E-state index contributed by atoms with van der Waals surface area (Å²) in [4.78, 5) is 11.8. The van der Waals surface area contributed by atoms with Crippen molar-refractivity contribution in [3.8, 4) is 5.75 Å². The second-order valence-electron chi connectivity index (χ2n) is 4.86. The minimum Gasteiger partial charge on any atom is -0.490 e. The largest absolute Gasteiger partial charge is 0.490 e. The summed E-state index contributed by atoms with van der Waals surface area (Å²) in [6.07, 6.45) is 4.98. The molecule has 0 fully saturated rings. The van der Waals surface area contributed by atoms with Crippen LogP contribution in [0.1, 0.15) is 11.1 Å². The molecule has 0 aliphatic carbocycles. The van der Waals surface area contributed by atoms with Gasteiger partial charge in [-0.3, -0.25) is 4.79 Å². The van der Waals surface area contributed by atoms with Crippen LogP contribution >= 0.6 is 0 Å². The number of amides is 1. The molecule has 2 aromatic carbocycles. The van der Waals surface area contributed by atoms with Crippen LogP contribution in [0.4, 0.5) is 5.69 Å². The molecule has 112 valence electrons. The maximum Gasteiger partial charge on any atom is 0.248 e. The number of carbonyl (C=O) groups is 1. The van der Waals surface area contributed by atoms with Gasteiger partial charge in [-0.25, -0.2) is 0 Å². The van der Waals surface area contributed by atoms with Gasteiger partial charge in [0.25, 0.3) is 0 Å². The van der Waals surface area contributed by atoms with Gasteiger partial charge in [-0.2, -0.15) is 0 Å². The van der Waals surface area contributed by atoms with Gasteiger partial charge in [0.1, 0.15) is 12.4 Å². The SMILES string of the molecule is C=CCOc1ccc(/C=C/C(=O)Nc2ccc(C)cc2)cc1. The predicted molar refractivity (Wildman–Crippen MR) is 91.0 cm³/mol. The minimum atomic E-state index is -0.157. The van der Waals surface area contributed by atoms with Crippen molar-refractivity contribution in [2.75, 3.05) is 11.9 Å². The molecule has 3 nitrogen and oxygen atoms in total. The van der Waals surface area contributed by atoms with E-state index in [9.17, 15) is 4.79 Å². The number of rotatable bonds is 6. The van der Waals surface area contributed by atoms with Crippen molar-refractivity contribution >= 4 is 17.7 Å². The summed E-state index contributed by atoms with van der Waals surface area (Å²) in [6, 6.07) is 15.2. The quantitative estimate of drug-likeness (QED) is 0.640. The van der Waals surface area contributed by atoms with Gasteiger partial charge in [0.05, 0.1) is 0 Å². The lowest BCUT2D eigenvalue weighted by Gasteiger charge is -2.03. The highest BCUT2D eigenvalue weighted by Crippen LogP contribution is 2.13. The van der Waals surface area contributed by atoms with E-state index in [4.69, 9.17) is 4.74 Å². The van der Waals surface area contributed by atoms with E-state index in [0.717, 1.165) is 22.6 Å². The normalized spacial score (nSPS) is 10.4. The van der Waals surface area contributed by atoms with E-state index in [-0.39, 0.29) is 5.91 Å². The summed E-state index contributed by atoms with van der Waals surface area (Å²) in [5, 5.41) is 2.82. The van der Waals surface area contributed by atoms with Crippen molar-refractivity contribution in [3.05, 3.63) is 78.4 Å². The van der Waals surface area contributed by atoms with Crippen molar-refractivity contribution in [1.82, 2.24) is 0 Å². The first kappa shape index (κ1) is 15.6. The molecule has 0 radical (unpaired) electrons. The molecule has 0 atom stereocenters. The Bertz CT molecular complexity index is 655. The molecule has 0 unspecified atom stereocenters. The molecule has 0 spiro atoms. The molecule has 3 heteroatoms. The minimum absolute atomic E-state index is 0.157. The van der Waals surface area contributed by atoms with Crippen molar-refractivity contribution in [3.63, 3.8) is 0 Å². The summed E-state index contributed by atoms with van der Waals surface area (Å²) in [6.45, 7) is 6.09. The molecule has 0 aliphatic heterocycles. The number of ether oxygens (including phenoxy) is 1. The Morgan fingerprint density at radius 1 is 1.14 bits per heavy atom. The fraction of sp³-hybridized carbons (Fsp3) is 0.105. The van der Waals surface area contributed by atoms with Crippen molar-refractivity contribution < 1.29 is 9.53 Å². The lowest BCUT2D eigenvalue weighted by atomic mass is 10.2. The molecule has 2 rings (SSSR count). The number of anilines is 1. The van der Waals surface area contributed by atoms with Gasteiger partial charge < -0.3 is 10.1 Å². The van der Waals surface area contributed by atoms with Crippen LogP contribution in [-0.2, 0) is 4.79 Å². The van der Waals surface area contributed by atoms with Crippen molar-refractivity contribution in [2.45, 2.75) is 6.92 Å². The Kier molecular flexibility index (Phi) is 5.55. The Labute approximate surface area is 130 Å². The zero-order valence-corrected chi connectivity index (χ0v) is 12.6.